The van der Waals surface area contributed by atoms with Crippen molar-refractivity contribution in [1.82, 2.24) is 20.2 Å². The molecule has 3 heterocycles. The Balaban J connectivity index is 1.32. The van der Waals surface area contributed by atoms with Crippen molar-refractivity contribution in [2.45, 2.75) is 18.9 Å². The molecular weight excluding hydrogens is 501 g/mol. The zero-order valence-electron chi connectivity index (χ0n) is 20.3. The molecule has 1 amide bonds. The molecule has 2 aromatic heterocycles. The number of carbonyl (C=O) groups excluding carboxylic acids is 1. The van der Waals surface area contributed by atoms with Crippen LogP contribution < -0.4 is 20.1 Å². The van der Waals surface area contributed by atoms with Crippen LogP contribution in [0.25, 0.3) is 11.1 Å². The van der Waals surface area contributed by atoms with E-state index >= 15 is 0 Å². The Morgan fingerprint density at radius 3 is 2.89 bits per heavy atom. The number of aromatic nitrogens is 2. The van der Waals surface area contributed by atoms with Crippen LogP contribution in [0.1, 0.15) is 23.3 Å². The van der Waals surface area contributed by atoms with Crippen LogP contribution in [0.3, 0.4) is 0 Å². The summed E-state index contributed by atoms with van der Waals surface area (Å²) in [5.41, 5.74) is 1.04. The molecule has 1 saturated heterocycles. The summed E-state index contributed by atoms with van der Waals surface area (Å²) in [6.07, 6.45) is 3.67. The monoisotopic (exact) mass is 525 g/mol. The molecule has 2 aromatic carbocycles. The van der Waals surface area contributed by atoms with Gasteiger partial charge in [-0.1, -0.05) is 11.6 Å². The molecule has 1 aliphatic rings. The maximum atomic E-state index is 14.8. The van der Waals surface area contributed by atoms with Crippen LogP contribution in [0.4, 0.5) is 16.1 Å². The molecule has 2 N–H and O–H groups in total. The molecular formula is C26H25ClFN5O4. The zero-order chi connectivity index (χ0) is 25.9. The molecule has 1 fully saturated rings. The van der Waals surface area contributed by atoms with Crippen LogP contribution in [-0.2, 0) is 0 Å². The Morgan fingerprint density at radius 2 is 2.11 bits per heavy atom. The van der Waals surface area contributed by atoms with Gasteiger partial charge in [0, 0.05) is 49.2 Å². The Bertz CT molecular complexity index is 1450. The smallest absolute Gasteiger partial charge is 0.300 e. The van der Waals surface area contributed by atoms with Gasteiger partial charge in [-0.2, -0.15) is 4.98 Å². The number of fused-ring (bicyclic) bond motifs is 1. The van der Waals surface area contributed by atoms with E-state index in [9.17, 15) is 9.18 Å². The molecule has 0 spiro atoms. The molecule has 4 aromatic rings. The lowest BCUT2D eigenvalue weighted by molar-refractivity contribution is 0.0958. The molecule has 1 aliphatic heterocycles. The number of benzene rings is 2. The Kier molecular flexibility index (Phi) is 7.11. The molecule has 0 radical (unpaired) electrons. The lowest BCUT2D eigenvalue weighted by Crippen LogP contribution is -2.30. The van der Waals surface area contributed by atoms with Gasteiger partial charge in [-0.3, -0.25) is 9.78 Å². The normalized spacial score (nSPS) is 15.6. The number of nitrogens with one attached hydrogen (secondary N) is 2. The van der Waals surface area contributed by atoms with Crippen molar-refractivity contribution < 1.29 is 23.1 Å². The lowest BCUT2D eigenvalue weighted by atomic mass is 10.2. The van der Waals surface area contributed by atoms with E-state index in [1.807, 2.05) is 0 Å². The number of likely N-dealkylation sites (tertiary alicyclic amines) is 1. The average molecular weight is 526 g/mol. The zero-order valence-corrected chi connectivity index (χ0v) is 21.0. The molecule has 5 rings (SSSR count). The quantitative estimate of drug-likeness (QED) is 0.316. The molecule has 192 valence electrons. The van der Waals surface area contributed by atoms with Gasteiger partial charge in [-0.25, -0.2) is 4.39 Å². The van der Waals surface area contributed by atoms with Gasteiger partial charge in [-0.05, 0) is 44.6 Å². The van der Waals surface area contributed by atoms with E-state index in [2.05, 4.69) is 32.5 Å². The first-order chi connectivity index (χ1) is 17.9. The molecule has 0 saturated carbocycles. The third kappa shape index (κ3) is 5.60. The SMILES string of the molecule is CNC(=O)c1cc(Oc2cc(F)c3oc(Nc4ccc(Cl)c(OCC5CCCN5C)c4)nc3c2)ccn1. The number of hydrogen-bond donors (Lipinski definition) is 2. The number of halogens is 2. The number of anilines is 2. The third-order valence-corrected chi connectivity index (χ3v) is 6.44. The topological polar surface area (TPSA) is 102 Å². The van der Waals surface area contributed by atoms with Gasteiger partial charge < -0.3 is 29.4 Å². The fraction of sp³-hybridized carbons (Fsp3) is 0.269. The molecule has 37 heavy (non-hydrogen) atoms. The number of pyridine rings is 1. The van der Waals surface area contributed by atoms with Crippen LogP contribution in [-0.4, -0.2) is 54.1 Å². The van der Waals surface area contributed by atoms with E-state index in [0.29, 0.717) is 34.9 Å². The summed E-state index contributed by atoms with van der Waals surface area (Å²) < 4.78 is 32.1. The second-order valence-electron chi connectivity index (χ2n) is 8.69. The van der Waals surface area contributed by atoms with Gasteiger partial charge in [-0.15, -0.1) is 0 Å². The summed E-state index contributed by atoms with van der Waals surface area (Å²) >= 11 is 6.33. The molecule has 0 bridgehead atoms. The summed E-state index contributed by atoms with van der Waals surface area (Å²) in [5, 5.41) is 6.02. The summed E-state index contributed by atoms with van der Waals surface area (Å²) in [6, 6.07) is 11.4. The highest BCUT2D eigenvalue weighted by Gasteiger charge is 2.22. The van der Waals surface area contributed by atoms with E-state index in [1.54, 1.807) is 30.3 Å². The number of nitrogens with zero attached hydrogens (tertiary/aromatic N) is 3. The van der Waals surface area contributed by atoms with Crippen LogP contribution >= 0.6 is 11.6 Å². The summed E-state index contributed by atoms with van der Waals surface area (Å²) in [5.74, 6) is 0.0541. The van der Waals surface area contributed by atoms with Gasteiger partial charge in [0.1, 0.15) is 35.1 Å². The van der Waals surface area contributed by atoms with E-state index < -0.39 is 5.82 Å². The third-order valence-electron chi connectivity index (χ3n) is 6.13. The predicted molar refractivity (Wildman–Crippen MR) is 138 cm³/mol. The van der Waals surface area contributed by atoms with Gasteiger partial charge in [0.2, 0.25) is 0 Å². The van der Waals surface area contributed by atoms with Crippen LogP contribution in [0.5, 0.6) is 17.2 Å². The highest BCUT2D eigenvalue weighted by atomic mass is 35.5. The Hall–Kier alpha value is -3.89. The molecule has 0 aliphatic carbocycles. The van der Waals surface area contributed by atoms with Gasteiger partial charge in [0.05, 0.1) is 5.02 Å². The molecule has 11 heteroatoms. The standard InChI is InChI=1S/C26H25ClFN5O4/c1-29-25(34)22-12-17(7-8-30-22)36-18-11-20(28)24-21(13-18)32-26(37-24)31-15-5-6-19(27)23(10-15)35-14-16-4-3-9-33(16)2/h5-8,10-13,16H,3-4,9,14H2,1-2H3,(H,29,34)(H,31,32). The molecule has 9 nitrogen and oxygen atoms in total. The van der Waals surface area contributed by atoms with Crippen molar-refractivity contribution in [2.24, 2.45) is 0 Å². The first-order valence-corrected chi connectivity index (χ1v) is 12.1. The maximum Gasteiger partial charge on any atom is 0.300 e. The number of oxazole rings is 1. The van der Waals surface area contributed by atoms with Crippen molar-refractivity contribution in [3.05, 3.63) is 65.2 Å². The van der Waals surface area contributed by atoms with Crippen molar-refractivity contribution >= 4 is 40.3 Å². The highest BCUT2D eigenvalue weighted by molar-refractivity contribution is 6.32. The van der Waals surface area contributed by atoms with Crippen molar-refractivity contribution in [2.75, 3.05) is 32.6 Å². The first kappa shape index (κ1) is 24.8. The van der Waals surface area contributed by atoms with E-state index in [4.69, 9.17) is 25.5 Å². The fourth-order valence-electron chi connectivity index (χ4n) is 4.13. The van der Waals surface area contributed by atoms with Crippen LogP contribution in [0, 0.1) is 5.82 Å². The van der Waals surface area contributed by atoms with E-state index in [-0.39, 0.29) is 34.5 Å². The van der Waals surface area contributed by atoms with Crippen LogP contribution in [0.15, 0.2) is 53.1 Å². The predicted octanol–water partition coefficient (Wildman–Crippen LogP) is 5.38. The number of carbonyl (C=O) groups is 1. The summed E-state index contributed by atoms with van der Waals surface area (Å²) in [6.45, 7) is 1.60. The summed E-state index contributed by atoms with van der Waals surface area (Å²) in [4.78, 5) is 22.4. The summed E-state index contributed by atoms with van der Waals surface area (Å²) in [7, 11) is 3.59. The van der Waals surface area contributed by atoms with E-state index in [1.165, 1.54) is 25.4 Å². The Morgan fingerprint density at radius 1 is 1.24 bits per heavy atom. The fourth-order valence-corrected chi connectivity index (χ4v) is 4.31. The maximum absolute atomic E-state index is 14.8. The number of hydrogen-bond acceptors (Lipinski definition) is 8. The largest absolute Gasteiger partial charge is 0.490 e. The van der Waals surface area contributed by atoms with Gasteiger partial charge in [0.25, 0.3) is 11.9 Å². The number of rotatable bonds is 8. The van der Waals surface area contributed by atoms with Gasteiger partial charge in [0.15, 0.2) is 11.4 Å². The van der Waals surface area contributed by atoms with Crippen molar-refractivity contribution in [3.63, 3.8) is 0 Å². The molecule has 1 atom stereocenters. The average Bonchev–Trinajstić information content (AvgIpc) is 3.49. The van der Waals surface area contributed by atoms with Crippen molar-refractivity contribution in [1.29, 1.82) is 0 Å². The first-order valence-electron chi connectivity index (χ1n) is 11.8. The second kappa shape index (κ2) is 10.6. The minimum absolute atomic E-state index is 0.0228. The molecule has 1 unspecified atom stereocenters. The Labute approximate surface area is 217 Å². The van der Waals surface area contributed by atoms with Crippen LogP contribution in [0.2, 0.25) is 5.02 Å². The van der Waals surface area contributed by atoms with E-state index in [0.717, 1.165) is 19.4 Å². The number of ether oxygens (including phenoxy) is 2. The minimum Gasteiger partial charge on any atom is -0.490 e. The lowest BCUT2D eigenvalue weighted by Gasteiger charge is -2.20. The number of likely N-dealkylation sites (N-methyl/N-ethyl adjacent to an activating group) is 1. The van der Waals surface area contributed by atoms with Gasteiger partial charge >= 0.3 is 0 Å². The minimum atomic E-state index is -0.644. The number of amides is 1. The van der Waals surface area contributed by atoms with Crippen molar-refractivity contribution in [3.8, 4) is 17.2 Å². The second-order valence-corrected chi connectivity index (χ2v) is 9.10. The highest BCUT2D eigenvalue weighted by Crippen LogP contribution is 2.33.